The second-order valence-corrected chi connectivity index (χ2v) is 22.8. The average molecular weight is 1160 g/mol. The first kappa shape index (κ1) is 76.2. The minimum absolute atomic E-state index is 0.0144. The Balaban J connectivity index is -0.000000177. The number of alkyl halides is 3. The summed E-state index contributed by atoms with van der Waals surface area (Å²) >= 11 is 13.1. The van der Waals surface area contributed by atoms with E-state index >= 15 is 0 Å². The number of Topliss-reactive ketones (excluding diaryl/α,β-unsaturated/α-hetero) is 4. The van der Waals surface area contributed by atoms with E-state index in [-0.39, 0.29) is 58.1 Å². The summed E-state index contributed by atoms with van der Waals surface area (Å²) < 4.78 is 17.0. The molecule has 0 aliphatic heterocycles. The van der Waals surface area contributed by atoms with Gasteiger partial charge in [0.05, 0.1) is 4.83 Å². The molecule has 3 atom stereocenters. The van der Waals surface area contributed by atoms with Crippen LogP contribution in [0.5, 0.6) is 0 Å². The molecule has 16 heteroatoms. The van der Waals surface area contributed by atoms with Gasteiger partial charge in [0.25, 0.3) is 0 Å². The molecule has 0 aliphatic carbocycles. The van der Waals surface area contributed by atoms with Gasteiger partial charge in [-0.1, -0.05) is 127 Å². The number of ether oxygens (including phenoxy) is 3. The number of allylic oxidation sites excluding steroid dienone is 4. The van der Waals surface area contributed by atoms with E-state index in [4.69, 9.17) is 14.2 Å². The van der Waals surface area contributed by atoms with Crippen molar-refractivity contribution in [3.8, 4) is 0 Å². The number of halogens is 3. The van der Waals surface area contributed by atoms with Crippen molar-refractivity contribution in [1.29, 1.82) is 0 Å². The fourth-order valence-electron chi connectivity index (χ4n) is 4.45. The van der Waals surface area contributed by atoms with E-state index in [1.54, 1.807) is 116 Å². The predicted octanol–water partition coefficient (Wildman–Crippen LogP) is 13.8. The molecule has 387 valence electrons. The molecule has 0 fully saturated rings. The van der Waals surface area contributed by atoms with Gasteiger partial charge in [-0.15, -0.1) is 26.3 Å². The summed E-state index contributed by atoms with van der Waals surface area (Å²) in [6.45, 7) is 45.0. The Kier molecular flexibility index (Phi) is 47.2. The Morgan fingerprint density at radius 2 is 1.00 bits per heavy atom. The van der Waals surface area contributed by atoms with Gasteiger partial charge in [0.15, 0.2) is 10.1 Å². The van der Waals surface area contributed by atoms with Gasteiger partial charge in [-0.25, -0.2) is 0 Å². The molecule has 0 aliphatic rings. The van der Waals surface area contributed by atoms with E-state index < -0.39 is 45.0 Å². The van der Waals surface area contributed by atoms with Crippen LogP contribution in [0.4, 0.5) is 0 Å². The average Bonchev–Trinajstić information content (AvgIpc) is 3.17. The molecule has 0 aromatic carbocycles. The third kappa shape index (κ3) is 47.2. The Bertz CT molecular complexity index is 1510. The van der Waals surface area contributed by atoms with E-state index in [0.717, 1.165) is 24.6 Å². The molecule has 0 saturated heterocycles. The zero-order chi connectivity index (χ0) is 54.5. The molecule has 0 spiro atoms. The van der Waals surface area contributed by atoms with Crippen molar-refractivity contribution in [2.75, 3.05) is 5.33 Å². The number of carbonyl (C=O) groups is 7. The van der Waals surface area contributed by atoms with Crippen LogP contribution in [-0.4, -0.2) is 80.0 Å². The molecule has 1 radical (unpaired) electrons. The quantitative estimate of drug-likeness (QED) is 0.0210. The molecular formula is C51H88BBr3NO10S. The van der Waals surface area contributed by atoms with Gasteiger partial charge >= 0.3 is 42.7 Å². The van der Waals surface area contributed by atoms with Gasteiger partial charge in [0.2, 0.25) is 0 Å². The number of nitrogens with zero attached hydrogens (tertiary/aromatic N) is 1. The van der Waals surface area contributed by atoms with Gasteiger partial charge in [-0.2, -0.15) is 0 Å². The van der Waals surface area contributed by atoms with Crippen molar-refractivity contribution in [2.24, 2.45) is 33.9 Å². The Hall–Kier alpha value is -2.30. The summed E-state index contributed by atoms with van der Waals surface area (Å²) in [5.74, 6) is -2.40. The first-order chi connectivity index (χ1) is 30.4. The second-order valence-electron chi connectivity index (χ2n) is 19.3. The summed E-state index contributed by atoms with van der Waals surface area (Å²) in [6, 6.07) is 0. The number of rotatable bonds is 22. The van der Waals surface area contributed by atoms with Crippen LogP contribution in [0.15, 0.2) is 54.9 Å². The Morgan fingerprint density at radius 3 is 1.30 bits per heavy atom. The molecule has 67 heavy (non-hydrogen) atoms. The van der Waals surface area contributed by atoms with Gasteiger partial charge in [0.1, 0.15) is 46.5 Å². The number of hydrogen-bond donors (Lipinski definition) is 1. The predicted molar refractivity (Wildman–Crippen MR) is 293 cm³/mol. The van der Waals surface area contributed by atoms with Crippen LogP contribution in [0.2, 0.25) is 0 Å². The normalized spacial score (nSPS) is 12.5. The van der Waals surface area contributed by atoms with E-state index in [1.807, 2.05) is 26.0 Å². The van der Waals surface area contributed by atoms with E-state index in [9.17, 15) is 33.6 Å². The first-order valence-electron chi connectivity index (χ1n) is 22.6. The zero-order valence-corrected chi connectivity index (χ0v) is 49.8. The molecular weight excluding hydrogens is 1070 g/mol. The van der Waals surface area contributed by atoms with Crippen molar-refractivity contribution < 1.29 is 47.8 Å². The van der Waals surface area contributed by atoms with Crippen molar-refractivity contribution in [1.82, 2.24) is 0 Å². The van der Waals surface area contributed by atoms with Crippen LogP contribution in [0.1, 0.15) is 169 Å². The summed E-state index contributed by atoms with van der Waals surface area (Å²) in [5.41, 5.74) is -1.67. The van der Waals surface area contributed by atoms with E-state index in [1.165, 1.54) is 0 Å². The van der Waals surface area contributed by atoms with Crippen LogP contribution >= 0.6 is 60.6 Å². The van der Waals surface area contributed by atoms with Gasteiger partial charge in [-0.05, 0) is 107 Å². The Morgan fingerprint density at radius 1 is 0.612 bits per heavy atom. The molecule has 0 aromatic rings. The van der Waals surface area contributed by atoms with Crippen LogP contribution in [0.3, 0.4) is 0 Å². The molecule has 0 bridgehead atoms. The van der Waals surface area contributed by atoms with Crippen LogP contribution < -0.4 is 0 Å². The molecule has 3 unspecified atom stereocenters. The molecule has 11 nitrogen and oxygen atoms in total. The first-order valence-corrected chi connectivity index (χ1v) is 25.8. The van der Waals surface area contributed by atoms with Gasteiger partial charge < -0.3 is 14.2 Å². The maximum atomic E-state index is 12.2. The standard InChI is InChI=1S/C14H23BrO3.C14H24O3.C10H18O3.C9H15BrO.C4H7Br.BHNS/c1-7-8-9-14(15,11(16)10(2)3)12(17)18-13(4,5)6;1-7-8-9-11(12(15)10(2)3)13(16)17-14(4,5)6;1-7(2)8(11)6-9(12)13-10(3,4)5;1-4-5-6-8(10)9(11)7(2)3;1-2-3-4-5;1-2-3/h7,10H,1,8-9H2,2-6H3;7,10-11H,1,8-9H2,2-6H3;7H,6H2,1-5H3;4,7-8H,1,5-6H2,2-3H3;2H,1,3-4H2;3H. The minimum atomic E-state index is -1.26. The summed E-state index contributed by atoms with van der Waals surface area (Å²) in [6.07, 6.45) is 11.9. The third-order valence-electron chi connectivity index (χ3n) is 7.79. The SMILES string of the molecule is C=CCCBr.C=CCCC(Br)(C(=O)OC(C)(C)C)C(=O)C(C)C.C=CCCC(Br)C(=O)C(C)C.C=CCCC(C(=O)OC(C)(C)C)C(=O)C(C)C.CC(C)C(=O)CC(=O)OC(C)(C)C.[B]=NS. The number of carbonyl (C=O) groups excluding carboxylic acids is 7. The molecule has 0 saturated carbocycles. The fourth-order valence-corrected chi connectivity index (χ4v) is 6.33. The molecule has 0 amide bonds. The number of esters is 3. The molecule has 0 aromatic heterocycles. The maximum absolute atomic E-state index is 12.2. The zero-order valence-electron chi connectivity index (χ0n) is 44.2. The van der Waals surface area contributed by atoms with Crippen LogP contribution in [-0.2, 0) is 47.8 Å². The van der Waals surface area contributed by atoms with Gasteiger partial charge in [-0.3, -0.25) is 33.6 Å². The molecule has 0 heterocycles. The monoisotopic (exact) mass is 1150 g/mol. The summed E-state index contributed by atoms with van der Waals surface area (Å²) in [7, 11) is 4.34. The van der Waals surface area contributed by atoms with Crippen molar-refractivity contribution in [3.05, 3.63) is 50.6 Å². The van der Waals surface area contributed by atoms with Crippen molar-refractivity contribution in [2.45, 2.75) is 195 Å². The number of thiol groups is 1. The third-order valence-corrected chi connectivity index (χ3v) is 10.3. The topological polar surface area (TPSA) is 160 Å². The van der Waals surface area contributed by atoms with Crippen molar-refractivity contribution in [3.63, 3.8) is 0 Å². The fraction of sp³-hybridized carbons (Fsp3) is 0.706. The van der Waals surface area contributed by atoms with E-state index in [0.29, 0.717) is 25.7 Å². The summed E-state index contributed by atoms with van der Waals surface area (Å²) in [4.78, 5) is 81.8. The number of ketones is 4. The molecule has 0 rings (SSSR count). The Labute approximate surface area is 439 Å². The van der Waals surface area contributed by atoms with Crippen LogP contribution in [0.25, 0.3) is 0 Å². The van der Waals surface area contributed by atoms with Crippen molar-refractivity contribution >= 4 is 109 Å². The van der Waals surface area contributed by atoms with Crippen LogP contribution in [0, 0.1) is 29.6 Å². The number of hydrogen-bond acceptors (Lipinski definition) is 12. The summed E-state index contributed by atoms with van der Waals surface area (Å²) in [5, 5.41) is 1.04. The van der Waals surface area contributed by atoms with E-state index in [2.05, 4.69) is 98.9 Å². The molecule has 0 N–H and O–H groups in total. The van der Waals surface area contributed by atoms with Gasteiger partial charge in [0, 0.05) is 29.0 Å². The second kappa shape index (κ2) is 41.5.